The molecule has 0 bridgehead atoms. The molecule has 0 unspecified atom stereocenters. The molecule has 0 amide bonds. The third-order valence-corrected chi connectivity index (χ3v) is 9.67. The van der Waals surface area contributed by atoms with E-state index in [1.807, 2.05) is 127 Å². The molecule has 0 radical (unpaired) electrons. The highest BCUT2D eigenvalue weighted by molar-refractivity contribution is 6.30. The predicted molar refractivity (Wildman–Crippen MR) is 218 cm³/mol. The molecule has 0 saturated heterocycles. The van der Waals surface area contributed by atoms with Crippen LogP contribution in [0.2, 0.25) is 10.0 Å². The minimum atomic E-state index is -0.522. The van der Waals surface area contributed by atoms with E-state index in [-0.39, 0.29) is 19.0 Å². The van der Waals surface area contributed by atoms with Crippen molar-refractivity contribution in [2.45, 2.75) is 32.1 Å². The number of halogens is 2. The molecular weight excluding hydrogens is 717 g/mol. The second-order valence-electron chi connectivity index (χ2n) is 12.8. The molecule has 6 aromatic rings. The average molecular weight is 759 g/mol. The monoisotopic (exact) mass is 757 g/mol. The summed E-state index contributed by atoms with van der Waals surface area (Å²) in [5.74, 6) is 2.53. The maximum atomic E-state index is 13.2. The Balaban J connectivity index is 1.10. The van der Waals surface area contributed by atoms with Crippen molar-refractivity contribution in [3.05, 3.63) is 173 Å². The lowest BCUT2D eigenvalue weighted by molar-refractivity contribution is -0.143. The van der Waals surface area contributed by atoms with Crippen LogP contribution in [-0.2, 0) is 14.9 Å². The fourth-order valence-corrected chi connectivity index (χ4v) is 6.27. The van der Waals surface area contributed by atoms with Crippen LogP contribution in [0.1, 0.15) is 37.8 Å². The fourth-order valence-electron chi connectivity index (χ4n) is 6.02. The zero-order valence-corrected chi connectivity index (χ0v) is 31.7. The van der Waals surface area contributed by atoms with Crippen LogP contribution in [0.4, 0.5) is 17.1 Å². The molecule has 6 aromatic carbocycles. The van der Waals surface area contributed by atoms with Gasteiger partial charge in [-0.05, 0) is 134 Å². The second-order valence-corrected chi connectivity index (χ2v) is 13.7. The summed E-state index contributed by atoms with van der Waals surface area (Å²) >= 11 is 12.1. The molecule has 0 fully saturated rings. The highest BCUT2D eigenvalue weighted by Gasteiger charge is 2.30. The number of rotatable bonds is 16. The summed E-state index contributed by atoms with van der Waals surface area (Å²) in [7, 11) is 0. The van der Waals surface area contributed by atoms with Gasteiger partial charge in [-0.1, -0.05) is 72.6 Å². The third kappa shape index (κ3) is 10.5. The van der Waals surface area contributed by atoms with Crippen molar-refractivity contribution < 1.29 is 19.0 Å². The standard InChI is InChI=1S/C45H41Cl2N3O4/c1-3-50(39-19-17-38(18-20-39)49-48-37-7-5-4-6-8-37)31-32-52-44(51)29-30-45(2,33-9-21-40(22-10-33)53-42-25-13-35(46)14-26-42)34-11-23-41(24-12-34)54-43-27-15-36(47)16-28-43/h4-28H,3,29-32H2,1-2H3. The topological polar surface area (TPSA) is 72.7 Å². The molecule has 0 aliphatic carbocycles. The van der Waals surface area contributed by atoms with Gasteiger partial charge >= 0.3 is 5.97 Å². The van der Waals surface area contributed by atoms with Crippen LogP contribution < -0.4 is 14.4 Å². The normalized spacial score (nSPS) is 11.3. The van der Waals surface area contributed by atoms with Crippen LogP contribution >= 0.6 is 23.2 Å². The number of carbonyl (C=O) groups excluding carboxylic acids is 1. The van der Waals surface area contributed by atoms with Crippen molar-refractivity contribution in [2.75, 3.05) is 24.6 Å². The van der Waals surface area contributed by atoms with E-state index in [1.165, 1.54) is 0 Å². The maximum absolute atomic E-state index is 13.2. The van der Waals surface area contributed by atoms with Crippen LogP contribution in [0.15, 0.2) is 162 Å². The molecule has 274 valence electrons. The van der Waals surface area contributed by atoms with Gasteiger partial charge in [-0.3, -0.25) is 4.79 Å². The lowest BCUT2D eigenvalue weighted by Gasteiger charge is -2.31. The summed E-state index contributed by atoms with van der Waals surface area (Å²) in [5, 5.41) is 9.92. The summed E-state index contributed by atoms with van der Waals surface area (Å²) in [6, 6.07) is 47.9. The SMILES string of the molecule is CCN(CCOC(=O)CCC(C)(c1ccc(Oc2ccc(Cl)cc2)cc1)c1ccc(Oc2ccc(Cl)cc2)cc1)c1ccc(N=Nc2ccccc2)cc1. The van der Waals surface area contributed by atoms with Gasteiger partial charge in [0.1, 0.15) is 29.6 Å². The number of anilines is 1. The summed E-state index contributed by atoms with van der Waals surface area (Å²) in [6.07, 6.45) is 0.757. The first kappa shape index (κ1) is 38.1. The van der Waals surface area contributed by atoms with Crippen molar-refractivity contribution in [1.29, 1.82) is 0 Å². The third-order valence-electron chi connectivity index (χ3n) is 9.17. The Morgan fingerprint density at radius 3 is 1.52 bits per heavy atom. The number of hydrogen-bond acceptors (Lipinski definition) is 7. The highest BCUT2D eigenvalue weighted by Crippen LogP contribution is 2.39. The Labute approximate surface area is 326 Å². The van der Waals surface area contributed by atoms with Crippen molar-refractivity contribution in [2.24, 2.45) is 10.2 Å². The number of carbonyl (C=O) groups is 1. The lowest BCUT2D eigenvalue weighted by atomic mass is 9.73. The summed E-state index contributed by atoms with van der Waals surface area (Å²) in [6.45, 7) is 5.82. The second kappa shape index (κ2) is 18.4. The summed E-state index contributed by atoms with van der Waals surface area (Å²) in [5.41, 5.74) is 4.14. The number of hydrogen-bond donors (Lipinski definition) is 0. The molecule has 0 atom stereocenters. The first-order chi connectivity index (χ1) is 26.3. The van der Waals surface area contributed by atoms with E-state index in [9.17, 15) is 4.79 Å². The van der Waals surface area contributed by atoms with Crippen molar-refractivity contribution in [1.82, 2.24) is 0 Å². The molecule has 0 N–H and O–H groups in total. The van der Waals surface area contributed by atoms with Gasteiger partial charge in [0.05, 0.1) is 17.9 Å². The molecular formula is C45H41Cl2N3O4. The van der Waals surface area contributed by atoms with Crippen LogP contribution in [0.5, 0.6) is 23.0 Å². The largest absolute Gasteiger partial charge is 0.464 e. The molecule has 0 spiro atoms. The molecule has 9 heteroatoms. The first-order valence-corrected chi connectivity index (χ1v) is 18.6. The number of esters is 1. The molecule has 7 nitrogen and oxygen atoms in total. The zero-order chi connectivity index (χ0) is 37.8. The van der Waals surface area contributed by atoms with E-state index in [0.29, 0.717) is 46.0 Å². The van der Waals surface area contributed by atoms with Gasteiger partial charge in [-0.15, -0.1) is 0 Å². The van der Waals surface area contributed by atoms with Crippen LogP contribution in [0.3, 0.4) is 0 Å². The molecule has 0 aliphatic rings. The number of benzene rings is 6. The predicted octanol–water partition coefficient (Wildman–Crippen LogP) is 13.1. The number of azo groups is 1. The van der Waals surface area contributed by atoms with E-state index >= 15 is 0 Å². The van der Waals surface area contributed by atoms with Crippen molar-refractivity contribution in [3.63, 3.8) is 0 Å². The van der Waals surface area contributed by atoms with E-state index in [4.69, 9.17) is 37.4 Å². The van der Waals surface area contributed by atoms with Gasteiger partial charge < -0.3 is 19.1 Å². The highest BCUT2D eigenvalue weighted by atomic mass is 35.5. The van der Waals surface area contributed by atoms with Crippen LogP contribution in [-0.4, -0.2) is 25.7 Å². The van der Waals surface area contributed by atoms with E-state index in [0.717, 1.165) is 34.7 Å². The molecule has 0 aromatic heterocycles. The average Bonchev–Trinajstić information content (AvgIpc) is 3.21. The quantitative estimate of drug-likeness (QED) is 0.0726. The first-order valence-electron chi connectivity index (χ1n) is 17.8. The smallest absolute Gasteiger partial charge is 0.305 e. The summed E-state index contributed by atoms with van der Waals surface area (Å²) in [4.78, 5) is 15.4. The van der Waals surface area contributed by atoms with Crippen molar-refractivity contribution in [3.8, 4) is 23.0 Å². The van der Waals surface area contributed by atoms with E-state index in [1.54, 1.807) is 24.3 Å². The Morgan fingerprint density at radius 1 is 0.611 bits per heavy atom. The Hall–Kier alpha value is -5.63. The molecule has 0 aliphatic heterocycles. The zero-order valence-electron chi connectivity index (χ0n) is 30.2. The number of likely N-dealkylation sites (N-methyl/N-ethyl adjacent to an activating group) is 1. The fraction of sp³-hybridized carbons (Fsp3) is 0.178. The maximum Gasteiger partial charge on any atom is 0.305 e. The molecule has 0 saturated carbocycles. The van der Waals surface area contributed by atoms with E-state index < -0.39 is 5.41 Å². The Morgan fingerprint density at radius 2 is 1.06 bits per heavy atom. The molecule has 0 heterocycles. The number of nitrogens with zero attached hydrogens (tertiary/aromatic N) is 3. The van der Waals surface area contributed by atoms with Gasteiger partial charge in [0.2, 0.25) is 0 Å². The van der Waals surface area contributed by atoms with Crippen LogP contribution in [0.25, 0.3) is 0 Å². The number of ether oxygens (including phenoxy) is 3. The Kier molecular flexibility index (Phi) is 13.0. The minimum Gasteiger partial charge on any atom is -0.464 e. The van der Waals surface area contributed by atoms with Crippen molar-refractivity contribution >= 4 is 46.2 Å². The van der Waals surface area contributed by atoms with E-state index in [2.05, 4.69) is 29.0 Å². The summed E-state index contributed by atoms with van der Waals surface area (Å²) < 4.78 is 17.9. The van der Waals surface area contributed by atoms with Gasteiger partial charge in [0, 0.05) is 34.1 Å². The minimum absolute atomic E-state index is 0.232. The van der Waals surface area contributed by atoms with Crippen LogP contribution in [0, 0.1) is 0 Å². The van der Waals surface area contributed by atoms with Gasteiger partial charge in [-0.25, -0.2) is 0 Å². The van der Waals surface area contributed by atoms with Gasteiger partial charge in [0.15, 0.2) is 0 Å². The van der Waals surface area contributed by atoms with Gasteiger partial charge in [0.25, 0.3) is 0 Å². The lowest BCUT2D eigenvalue weighted by Crippen LogP contribution is -2.29. The molecule has 54 heavy (non-hydrogen) atoms. The van der Waals surface area contributed by atoms with Gasteiger partial charge in [-0.2, -0.15) is 10.2 Å². The molecule has 6 rings (SSSR count). The Bertz CT molecular complexity index is 2020.